The van der Waals surface area contributed by atoms with Crippen molar-refractivity contribution in [2.75, 3.05) is 13.2 Å². The molecule has 0 aromatic rings. The van der Waals surface area contributed by atoms with Gasteiger partial charge in [0.2, 0.25) is 0 Å². The molecule has 0 aliphatic carbocycles. The van der Waals surface area contributed by atoms with Gasteiger partial charge in [-0.2, -0.15) is 0 Å². The third-order valence-corrected chi connectivity index (χ3v) is 11.2. The van der Waals surface area contributed by atoms with Crippen LogP contribution in [0.4, 0.5) is 0 Å². The molecule has 1 unspecified atom stereocenters. The van der Waals surface area contributed by atoms with Crippen molar-refractivity contribution in [1.82, 2.24) is 0 Å². The highest BCUT2D eigenvalue weighted by atomic mass is 16.6. The lowest BCUT2D eigenvalue weighted by Gasteiger charge is -2.18. The number of hydrogen-bond acceptors (Lipinski definition) is 6. The molecule has 0 heterocycles. The molecule has 0 fully saturated rings. The van der Waals surface area contributed by atoms with Crippen LogP contribution in [0, 0.1) is 0 Å². The minimum atomic E-state index is -0.800. The lowest BCUT2D eigenvalue weighted by molar-refractivity contribution is -0.167. The number of rotatable bonds is 48. The van der Waals surface area contributed by atoms with Gasteiger partial charge < -0.3 is 14.2 Å². The van der Waals surface area contributed by atoms with Gasteiger partial charge in [0, 0.05) is 19.3 Å². The van der Waals surface area contributed by atoms with E-state index in [1.54, 1.807) is 0 Å². The van der Waals surface area contributed by atoms with Crippen LogP contribution >= 0.6 is 0 Å². The molecule has 384 valence electrons. The Labute approximate surface area is 418 Å². The summed E-state index contributed by atoms with van der Waals surface area (Å²) in [4.78, 5) is 37.7. The van der Waals surface area contributed by atoms with Gasteiger partial charge in [0.15, 0.2) is 6.10 Å². The molecule has 0 rings (SSSR count). The first-order chi connectivity index (χ1) is 33.5. The highest BCUT2D eigenvalue weighted by Gasteiger charge is 2.19. The van der Waals surface area contributed by atoms with E-state index in [1.165, 1.54) is 57.8 Å². The summed E-state index contributed by atoms with van der Waals surface area (Å²) in [5.41, 5.74) is 0. The van der Waals surface area contributed by atoms with Crippen molar-refractivity contribution in [3.63, 3.8) is 0 Å². The maximum Gasteiger partial charge on any atom is 0.306 e. The molecular weight excluding hydrogens is 841 g/mol. The summed E-state index contributed by atoms with van der Waals surface area (Å²) in [6.45, 7) is 6.37. The molecule has 0 radical (unpaired) electrons. The summed E-state index contributed by atoms with van der Waals surface area (Å²) in [5.74, 6) is -0.972. The van der Waals surface area contributed by atoms with Crippen molar-refractivity contribution in [2.45, 2.75) is 239 Å². The monoisotopic (exact) mass is 941 g/mol. The Hall–Kier alpha value is -4.19. The summed E-state index contributed by atoms with van der Waals surface area (Å²) >= 11 is 0. The second-order valence-electron chi connectivity index (χ2n) is 17.8. The average Bonchev–Trinajstić information content (AvgIpc) is 3.34. The second kappa shape index (κ2) is 55.4. The maximum absolute atomic E-state index is 12.8. The molecule has 0 bridgehead atoms. The Kier molecular flexibility index (Phi) is 52.0. The molecule has 0 spiro atoms. The molecular formula is C62H100O6. The summed E-state index contributed by atoms with van der Waals surface area (Å²) in [5, 5.41) is 0. The summed E-state index contributed by atoms with van der Waals surface area (Å²) in [6.07, 6.45) is 76.6. The predicted molar refractivity (Wildman–Crippen MR) is 293 cm³/mol. The van der Waals surface area contributed by atoms with E-state index in [-0.39, 0.29) is 31.1 Å². The van der Waals surface area contributed by atoms with Crippen LogP contribution in [0.25, 0.3) is 0 Å². The van der Waals surface area contributed by atoms with Crippen LogP contribution < -0.4 is 0 Å². The predicted octanol–water partition coefficient (Wildman–Crippen LogP) is 18.5. The van der Waals surface area contributed by atoms with E-state index < -0.39 is 6.10 Å². The normalized spacial score (nSPS) is 13.0. The van der Waals surface area contributed by atoms with E-state index in [0.717, 1.165) is 128 Å². The SMILES string of the molecule is CC/C=C\C/C=C\C/C=C\C/C=C\C/C=C\C/C=C\C/C=C\C/C=C\CCCCC(=O)OCC(COC(=O)CCCCCCC)OC(=O)CCCCCCCCC/C=C\C/C=C\CCCCCC. The quantitative estimate of drug-likeness (QED) is 0.0262. The van der Waals surface area contributed by atoms with Crippen LogP contribution in [0.3, 0.4) is 0 Å². The molecule has 6 heteroatoms. The number of esters is 3. The zero-order valence-corrected chi connectivity index (χ0v) is 43.8. The number of ether oxygens (including phenoxy) is 3. The minimum absolute atomic E-state index is 0.0988. The van der Waals surface area contributed by atoms with Gasteiger partial charge >= 0.3 is 17.9 Å². The summed E-state index contributed by atoms with van der Waals surface area (Å²) in [7, 11) is 0. The van der Waals surface area contributed by atoms with Gasteiger partial charge in [-0.1, -0.05) is 219 Å². The van der Waals surface area contributed by atoms with E-state index in [0.29, 0.717) is 25.7 Å². The number of carbonyl (C=O) groups excluding carboxylic acids is 3. The summed E-state index contributed by atoms with van der Waals surface area (Å²) in [6, 6.07) is 0. The largest absolute Gasteiger partial charge is 0.462 e. The van der Waals surface area contributed by atoms with E-state index in [9.17, 15) is 14.4 Å². The van der Waals surface area contributed by atoms with Crippen molar-refractivity contribution >= 4 is 17.9 Å². The number of unbranched alkanes of at least 4 members (excludes halogenated alkanes) is 17. The van der Waals surface area contributed by atoms with E-state index in [2.05, 4.69) is 142 Å². The van der Waals surface area contributed by atoms with Crippen molar-refractivity contribution < 1.29 is 28.6 Å². The highest BCUT2D eigenvalue weighted by molar-refractivity contribution is 5.71. The fourth-order valence-corrected chi connectivity index (χ4v) is 7.07. The lowest BCUT2D eigenvalue weighted by Crippen LogP contribution is -2.30. The molecule has 0 aliphatic rings. The van der Waals surface area contributed by atoms with Gasteiger partial charge in [-0.25, -0.2) is 0 Å². The van der Waals surface area contributed by atoms with Gasteiger partial charge in [-0.3, -0.25) is 14.4 Å². The zero-order chi connectivity index (χ0) is 49.3. The molecule has 0 N–H and O–H groups in total. The first-order valence-electron chi connectivity index (χ1n) is 27.5. The average molecular weight is 941 g/mol. The van der Waals surface area contributed by atoms with Crippen molar-refractivity contribution in [2.24, 2.45) is 0 Å². The van der Waals surface area contributed by atoms with Crippen molar-refractivity contribution in [3.05, 3.63) is 122 Å². The van der Waals surface area contributed by atoms with Crippen LogP contribution in [-0.2, 0) is 28.6 Å². The molecule has 68 heavy (non-hydrogen) atoms. The Balaban J connectivity index is 4.25. The van der Waals surface area contributed by atoms with Gasteiger partial charge in [0.05, 0.1) is 0 Å². The molecule has 6 nitrogen and oxygen atoms in total. The molecule has 0 aromatic heterocycles. The Morgan fingerprint density at radius 2 is 0.574 bits per heavy atom. The van der Waals surface area contributed by atoms with Crippen LogP contribution in [0.2, 0.25) is 0 Å². The van der Waals surface area contributed by atoms with Gasteiger partial charge in [0.1, 0.15) is 13.2 Å². The fraction of sp³-hybridized carbons (Fsp3) is 0.629. The molecule has 0 amide bonds. The van der Waals surface area contributed by atoms with Crippen molar-refractivity contribution in [3.8, 4) is 0 Å². The third-order valence-electron chi connectivity index (χ3n) is 11.2. The first-order valence-corrected chi connectivity index (χ1v) is 27.5. The fourth-order valence-electron chi connectivity index (χ4n) is 7.07. The van der Waals surface area contributed by atoms with Gasteiger partial charge in [0.25, 0.3) is 0 Å². The standard InChI is InChI=1S/C62H100O6/c1-4-7-10-13-15-17-19-21-23-25-27-28-29-30-31-32-33-34-35-37-38-40-42-44-46-49-52-55-61(64)67-58-59(57-66-60(63)54-51-48-12-9-6-3)68-62(65)56-53-50-47-45-43-41-39-36-26-24-22-20-18-16-14-11-8-5-2/h7,10,15,17-18,20-21,23-24,26-28,30-31,33-34,37-38,42,44,59H,4-6,8-9,11-14,16,19,22,25,29,32,35-36,39-41,43,45-58H2,1-3H3/b10-7-,17-15-,20-18-,23-21-,26-24-,28-27-,31-30-,34-33-,38-37-,44-42-. The van der Waals surface area contributed by atoms with Crippen LogP contribution in [0.15, 0.2) is 122 Å². The van der Waals surface area contributed by atoms with E-state index in [1.807, 2.05) is 0 Å². The molecule has 1 atom stereocenters. The van der Waals surface area contributed by atoms with Crippen LogP contribution in [0.5, 0.6) is 0 Å². The summed E-state index contributed by atoms with van der Waals surface area (Å²) < 4.78 is 16.6. The third kappa shape index (κ3) is 52.8. The van der Waals surface area contributed by atoms with Crippen LogP contribution in [-0.4, -0.2) is 37.2 Å². The number of carbonyl (C=O) groups is 3. The minimum Gasteiger partial charge on any atom is -0.462 e. The Morgan fingerprint density at radius 1 is 0.309 bits per heavy atom. The number of hydrogen-bond donors (Lipinski definition) is 0. The molecule has 0 aliphatic heterocycles. The lowest BCUT2D eigenvalue weighted by atomic mass is 10.1. The number of allylic oxidation sites excluding steroid dienone is 20. The zero-order valence-electron chi connectivity index (χ0n) is 43.8. The Morgan fingerprint density at radius 3 is 0.941 bits per heavy atom. The molecule has 0 saturated carbocycles. The molecule has 0 saturated heterocycles. The highest BCUT2D eigenvalue weighted by Crippen LogP contribution is 2.13. The topological polar surface area (TPSA) is 78.9 Å². The second-order valence-corrected chi connectivity index (χ2v) is 17.8. The Bertz CT molecular complexity index is 1450. The van der Waals surface area contributed by atoms with Crippen molar-refractivity contribution in [1.29, 1.82) is 0 Å². The van der Waals surface area contributed by atoms with E-state index >= 15 is 0 Å². The van der Waals surface area contributed by atoms with Crippen LogP contribution in [0.1, 0.15) is 233 Å². The first kappa shape index (κ1) is 63.8. The van der Waals surface area contributed by atoms with E-state index in [4.69, 9.17) is 14.2 Å². The van der Waals surface area contributed by atoms with Gasteiger partial charge in [-0.05, 0) is 116 Å². The molecule has 0 aromatic carbocycles. The van der Waals surface area contributed by atoms with Gasteiger partial charge in [-0.15, -0.1) is 0 Å². The smallest absolute Gasteiger partial charge is 0.306 e. The maximum atomic E-state index is 12.8.